The molecule has 1 N–H and O–H groups in total. The quantitative estimate of drug-likeness (QED) is 0.784. The van der Waals surface area contributed by atoms with Crippen LogP contribution in [0.4, 0.5) is 0 Å². The van der Waals surface area contributed by atoms with Gasteiger partial charge in [0.15, 0.2) is 0 Å². The van der Waals surface area contributed by atoms with E-state index in [0.717, 1.165) is 5.75 Å². The SMILES string of the molecule is CNC(=O)CCCOc1ccc(Cl)cc1. The monoisotopic (exact) mass is 227 g/mol. The molecule has 0 bridgehead atoms. The van der Waals surface area contributed by atoms with Crippen LogP contribution < -0.4 is 10.1 Å². The Morgan fingerprint density at radius 1 is 1.40 bits per heavy atom. The highest BCUT2D eigenvalue weighted by molar-refractivity contribution is 6.30. The van der Waals surface area contributed by atoms with Gasteiger partial charge in [-0.1, -0.05) is 11.6 Å². The number of halogens is 1. The predicted molar refractivity (Wildman–Crippen MR) is 60.2 cm³/mol. The number of hydrogen-bond acceptors (Lipinski definition) is 2. The third-order valence-corrected chi connectivity index (χ3v) is 2.16. The standard InChI is InChI=1S/C11H14ClNO2/c1-13-11(14)3-2-8-15-10-6-4-9(12)5-7-10/h4-7H,2-3,8H2,1H3,(H,13,14). The maximum atomic E-state index is 10.9. The van der Waals surface area contributed by atoms with Crippen molar-refractivity contribution < 1.29 is 9.53 Å². The average Bonchev–Trinajstić information content (AvgIpc) is 2.26. The molecule has 82 valence electrons. The third-order valence-electron chi connectivity index (χ3n) is 1.91. The molecule has 0 heterocycles. The van der Waals surface area contributed by atoms with Crippen LogP contribution in [-0.2, 0) is 4.79 Å². The van der Waals surface area contributed by atoms with E-state index in [1.54, 1.807) is 19.2 Å². The molecular formula is C11H14ClNO2. The van der Waals surface area contributed by atoms with Gasteiger partial charge in [-0.25, -0.2) is 0 Å². The van der Waals surface area contributed by atoms with Crippen molar-refractivity contribution >= 4 is 17.5 Å². The van der Waals surface area contributed by atoms with Gasteiger partial charge in [0.05, 0.1) is 6.61 Å². The van der Waals surface area contributed by atoms with Crippen molar-refractivity contribution in [2.24, 2.45) is 0 Å². The number of carbonyl (C=O) groups is 1. The summed E-state index contributed by atoms with van der Waals surface area (Å²) in [4.78, 5) is 10.9. The van der Waals surface area contributed by atoms with Crippen LogP contribution in [0.1, 0.15) is 12.8 Å². The molecule has 0 radical (unpaired) electrons. The van der Waals surface area contributed by atoms with E-state index in [1.807, 2.05) is 12.1 Å². The van der Waals surface area contributed by atoms with Crippen molar-refractivity contribution in [3.05, 3.63) is 29.3 Å². The van der Waals surface area contributed by atoms with E-state index in [4.69, 9.17) is 16.3 Å². The highest BCUT2D eigenvalue weighted by Gasteiger charge is 1.98. The summed E-state index contributed by atoms with van der Waals surface area (Å²) in [5.41, 5.74) is 0. The molecule has 0 spiro atoms. The minimum atomic E-state index is 0.0368. The number of rotatable bonds is 5. The fourth-order valence-corrected chi connectivity index (χ4v) is 1.20. The van der Waals surface area contributed by atoms with Gasteiger partial charge < -0.3 is 10.1 Å². The lowest BCUT2D eigenvalue weighted by Crippen LogP contribution is -2.18. The smallest absolute Gasteiger partial charge is 0.219 e. The second-order valence-electron chi connectivity index (χ2n) is 3.08. The topological polar surface area (TPSA) is 38.3 Å². The van der Waals surface area contributed by atoms with Gasteiger partial charge in [0, 0.05) is 18.5 Å². The van der Waals surface area contributed by atoms with Gasteiger partial charge >= 0.3 is 0 Å². The molecule has 0 fully saturated rings. The Balaban J connectivity index is 2.20. The lowest BCUT2D eigenvalue weighted by Gasteiger charge is -2.05. The fourth-order valence-electron chi connectivity index (χ4n) is 1.08. The highest BCUT2D eigenvalue weighted by atomic mass is 35.5. The molecule has 0 unspecified atom stereocenters. The summed E-state index contributed by atoms with van der Waals surface area (Å²) in [7, 11) is 1.63. The lowest BCUT2D eigenvalue weighted by atomic mass is 10.3. The van der Waals surface area contributed by atoms with Crippen LogP contribution in [0, 0.1) is 0 Å². The predicted octanol–water partition coefficient (Wildman–Crippen LogP) is 2.25. The van der Waals surface area contributed by atoms with Crippen LogP contribution in [0.3, 0.4) is 0 Å². The minimum Gasteiger partial charge on any atom is -0.494 e. The normalized spacial score (nSPS) is 9.73. The summed E-state index contributed by atoms with van der Waals surface area (Å²) in [6.45, 7) is 0.537. The van der Waals surface area contributed by atoms with E-state index in [2.05, 4.69) is 5.32 Å². The van der Waals surface area contributed by atoms with Crippen molar-refractivity contribution in [2.45, 2.75) is 12.8 Å². The number of hydrogen-bond donors (Lipinski definition) is 1. The van der Waals surface area contributed by atoms with Crippen molar-refractivity contribution in [1.29, 1.82) is 0 Å². The van der Waals surface area contributed by atoms with Crippen LogP contribution >= 0.6 is 11.6 Å². The highest BCUT2D eigenvalue weighted by Crippen LogP contribution is 2.15. The Hall–Kier alpha value is -1.22. The van der Waals surface area contributed by atoms with Crippen molar-refractivity contribution in [2.75, 3.05) is 13.7 Å². The number of nitrogens with one attached hydrogen (secondary N) is 1. The first-order valence-corrected chi connectivity index (χ1v) is 5.19. The Bertz CT molecular complexity index is 311. The van der Waals surface area contributed by atoms with Gasteiger partial charge in [-0.3, -0.25) is 4.79 Å². The summed E-state index contributed by atoms with van der Waals surface area (Å²) in [6.07, 6.45) is 1.20. The molecular weight excluding hydrogens is 214 g/mol. The Kier molecular flexibility index (Phi) is 4.98. The van der Waals surface area contributed by atoms with E-state index in [1.165, 1.54) is 0 Å². The average molecular weight is 228 g/mol. The lowest BCUT2D eigenvalue weighted by molar-refractivity contribution is -0.120. The number of carbonyl (C=O) groups excluding carboxylic acids is 1. The first-order valence-electron chi connectivity index (χ1n) is 4.81. The van der Waals surface area contributed by atoms with Crippen LogP contribution in [0.2, 0.25) is 5.02 Å². The summed E-state index contributed by atoms with van der Waals surface area (Å²) >= 11 is 5.72. The first-order chi connectivity index (χ1) is 7.22. The Labute approximate surface area is 94.4 Å². The van der Waals surface area contributed by atoms with Gasteiger partial charge in [0.2, 0.25) is 5.91 Å². The zero-order chi connectivity index (χ0) is 11.1. The number of ether oxygens (including phenoxy) is 1. The zero-order valence-corrected chi connectivity index (χ0v) is 9.38. The largest absolute Gasteiger partial charge is 0.494 e. The molecule has 0 atom stereocenters. The molecule has 0 aliphatic rings. The van der Waals surface area contributed by atoms with E-state index in [0.29, 0.717) is 24.5 Å². The zero-order valence-electron chi connectivity index (χ0n) is 8.63. The minimum absolute atomic E-state index is 0.0368. The second-order valence-corrected chi connectivity index (χ2v) is 3.52. The summed E-state index contributed by atoms with van der Waals surface area (Å²) in [5, 5.41) is 3.25. The Morgan fingerprint density at radius 2 is 2.07 bits per heavy atom. The molecule has 15 heavy (non-hydrogen) atoms. The van der Waals surface area contributed by atoms with Crippen molar-refractivity contribution in [3.63, 3.8) is 0 Å². The van der Waals surface area contributed by atoms with E-state index >= 15 is 0 Å². The molecule has 0 aliphatic heterocycles. The van der Waals surface area contributed by atoms with Gasteiger partial charge in [0.1, 0.15) is 5.75 Å². The molecule has 0 saturated carbocycles. The van der Waals surface area contributed by atoms with E-state index in [9.17, 15) is 4.79 Å². The summed E-state index contributed by atoms with van der Waals surface area (Å²) in [5.74, 6) is 0.811. The molecule has 0 saturated heterocycles. The molecule has 1 aromatic carbocycles. The Morgan fingerprint density at radius 3 is 2.67 bits per heavy atom. The van der Waals surface area contributed by atoms with Crippen LogP contribution in [0.15, 0.2) is 24.3 Å². The van der Waals surface area contributed by atoms with Gasteiger partial charge in [-0.2, -0.15) is 0 Å². The molecule has 0 aliphatic carbocycles. The second kappa shape index (κ2) is 6.30. The molecule has 1 aromatic rings. The van der Waals surface area contributed by atoms with Crippen LogP contribution in [-0.4, -0.2) is 19.6 Å². The first kappa shape index (κ1) is 11.9. The number of benzene rings is 1. The maximum Gasteiger partial charge on any atom is 0.219 e. The fraction of sp³-hybridized carbons (Fsp3) is 0.364. The van der Waals surface area contributed by atoms with Crippen LogP contribution in [0.5, 0.6) is 5.75 Å². The summed E-state index contributed by atoms with van der Waals surface area (Å²) < 4.78 is 5.42. The van der Waals surface area contributed by atoms with E-state index in [-0.39, 0.29) is 5.91 Å². The third kappa shape index (κ3) is 4.70. The molecule has 3 nitrogen and oxygen atoms in total. The van der Waals surface area contributed by atoms with E-state index < -0.39 is 0 Å². The molecule has 4 heteroatoms. The molecule has 1 rings (SSSR count). The van der Waals surface area contributed by atoms with Crippen molar-refractivity contribution in [1.82, 2.24) is 5.32 Å². The maximum absolute atomic E-state index is 10.9. The van der Waals surface area contributed by atoms with Crippen molar-refractivity contribution in [3.8, 4) is 5.75 Å². The van der Waals surface area contributed by atoms with Gasteiger partial charge in [0.25, 0.3) is 0 Å². The van der Waals surface area contributed by atoms with Gasteiger partial charge in [-0.15, -0.1) is 0 Å². The summed E-state index contributed by atoms with van der Waals surface area (Å²) in [6, 6.07) is 7.16. The van der Waals surface area contributed by atoms with Crippen LogP contribution in [0.25, 0.3) is 0 Å². The van der Waals surface area contributed by atoms with Gasteiger partial charge in [-0.05, 0) is 30.7 Å². The molecule has 1 amide bonds. The molecule has 0 aromatic heterocycles. The number of amides is 1.